The Kier molecular flexibility index (Phi) is 3.95. The normalized spacial score (nSPS) is 10.3. The molecule has 0 bridgehead atoms. The molecule has 0 heterocycles. The summed E-state index contributed by atoms with van der Waals surface area (Å²) in [7, 11) is 3.30. The third-order valence-electron chi connectivity index (χ3n) is 3.19. The monoisotopic (exact) mass is 257 g/mol. The molecule has 2 aromatic carbocycles. The maximum atomic E-state index is 5.81. The molecule has 0 fully saturated rings. The minimum absolute atomic E-state index is 0.756. The lowest BCUT2D eigenvalue weighted by Crippen LogP contribution is -1.97. The van der Waals surface area contributed by atoms with Gasteiger partial charge in [0, 0.05) is 5.69 Å². The number of anilines is 1. The molecule has 0 amide bonds. The average Bonchev–Trinajstić information content (AvgIpc) is 2.40. The van der Waals surface area contributed by atoms with Gasteiger partial charge in [-0.05, 0) is 54.3 Å². The summed E-state index contributed by atoms with van der Waals surface area (Å²) in [5.74, 6) is 1.52. The van der Waals surface area contributed by atoms with E-state index in [4.69, 9.17) is 15.2 Å². The summed E-state index contributed by atoms with van der Waals surface area (Å²) in [4.78, 5) is 0. The van der Waals surface area contributed by atoms with E-state index in [2.05, 4.69) is 13.0 Å². The Balaban J connectivity index is 2.35. The molecule has 0 saturated heterocycles. The van der Waals surface area contributed by atoms with Crippen molar-refractivity contribution in [1.82, 2.24) is 0 Å². The van der Waals surface area contributed by atoms with Gasteiger partial charge in [-0.2, -0.15) is 0 Å². The number of benzene rings is 2. The minimum Gasteiger partial charge on any atom is -0.493 e. The van der Waals surface area contributed by atoms with Gasteiger partial charge in [0.25, 0.3) is 0 Å². The molecule has 0 aliphatic heterocycles. The Bertz CT molecular complexity index is 579. The van der Waals surface area contributed by atoms with Crippen molar-refractivity contribution in [3.63, 3.8) is 0 Å². The molecule has 0 aromatic heterocycles. The number of hydrogen-bond acceptors (Lipinski definition) is 3. The Morgan fingerprint density at radius 3 is 2.32 bits per heavy atom. The molecule has 0 unspecified atom stereocenters. The summed E-state index contributed by atoms with van der Waals surface area (Å²) in [5, 5.41) is 0. The fourth-order valence-corrected chi connectivity index (χ4v) is 2.14. The van der Waals surface area contributed by atoms with Crippen LogP contribution in [-0.4, -0.2) is 14.2 Å². The highest BCUT2D eigenvalue weighted by atomic mass is 16.5. The second kappa shape index (κ2) is 5.65. The van der Waals surface area contributed by atoms with E-state index in [0.717, 1.165) is 23.6 Å². The predicted octanol–water partition coefficient (Wildman–Crippen LogP) is 3.19. The van der Waals surface area contributed by atoms with E-state index >= 15 is 0 Å². The number of nitrogen functional groups attached to an aromatic ring is 1. The van der Waals surface area contributed by atoms with Crippen LogP contribution in [0, 0.1) is 6.92 Å². The van der Waals surface area contributed by atoms with Gasteiger partial charge in [-0.1, -0.05) is 12.1 Å². The van der Waals surface area contributed by atoms with Crippen molar-refractivity contribution in [2.45, 2.75) is 13.3 Å². The fraction of sp³-hybridized carbons (Fsp3) is 0.250. The molecule has 3 nitrogen and oxygen atoms in total. The molecular formula is C16H19NO2. The number of aryl methyl sites for hydroxylation is 1. The fourth-order valence-electron chi connectivity index (χ4n) is 2.14. The van der Waals surface area contributed by atoms with Gasteiger partial charge in [-0.25, -0.2) is 0 Å². The van der Waals surface area contributed by atoms with Gasteiger partial charge >= 0.3 is 0 Å². The highest BCUT2D eigenvalue weighted by Gasteiger charge is 2.09. The van der Waals surface area contributed by atoms with E-state index in [0.29, 0.717) is 0 Å². The van der Waals surface area contributed by atoms with Crippen molar-refractivity contribution < 1.29 is 9.47 Å². The lowest BCUT2D eigenvalue weighted by Gasteiger charge is -2.13. The summed E-state index contributed by atoms with van der Waals surface area (Å²) in [6.45, 7) is 2.07. The number of hydrogen-bond donors (Lipinski definition) is 1. The van der Waals surface area contributed by atoms with Gasteiger partial charge in [0.1, 0.15) is 0 Å². The summed E-state index contributed by atoms with van der Waals surface area (Å²) < 4.78 is 10.6. The first-order valence-electron chi connectivity index (χ1n) is 6.20. The van der Waals surface area contributed by atoms with Crippen LogP contribution in [0.4, 0.5) is 5.69 Å². The summed E-state index contributed by atoms with van der Waals surface area (Å²) in [5.41, 5.74) is 10.2. The summed E-state index contributed by atoms with van der Waals surface area (Å²) in [6, 6.07) is 12.0. The molecule has 0 atom stereocenters. The highest BCUT2D eigenvalue weighted by molar-refractivity contribution is 5.49. The zero-order chi connectivity index (χ0) is 13.8. The predicted molar refractivity (Wildman–Crippen MR) is 77.9 cm³/mol. The molecule has 2 N–H and O–H groups in total. The van der Waals surface area contributed by atoms with Crippen LogP contribution in [0.1, 0.15) is 16.7 Å². The third-order valence-corrected chi connectivity index (χ3v) is 3.19. The molecule has 100 valence electrons. The van der Waals surface area contributed by atoms with Crippen molar-refractivity contribution in [3.05, 3.63) is 53.1 Å². The maximum absolute atomic E-state index is 5.81. The van der Waals surface area contributed by atoms with Crippen molar-refractivity contribution >= 4 is 5.69 Å². The zero-order valence-electron chi connectivity index (χ0n) is 11.6. The summed E-state index contributed by atoms with van der Waals surface area (Å²) >= 11 is 0. The SMILES string of the molecule is COc1cc(C)c(Cc2cccc(N)c2)cc1OC. The largest absolute Gasteiger partial charge is 0.493 e. The van der Waals surface area contributed by atoms with E-state index in [1.165, 1.54) is 16.7 Å². The van der Waals surface area contributed by atoms with Gasteiger partial charge in [-0.15, -0.1) is 0 Å². The van der Waals surface area contributed by atoms with Crippen LogP contribution in [0.15, 0.2) is 36.4 Å². The quantitative estimate of drug-likeness (QED) is 0.855. The number of methoxy groups -OCH3 is 2. The van der Waals surface area contributed by atoms with Gasteiger partial charge < -0.3 is 15.2 Å². The second-order valence-corrected chi connectivity index (χ2v) is 4.56. The zero-order valence-corrected chi connectivity index (χ0v) is 11.6. The number of ether oxygens (including phenoxy) is 2. The lowest BCUT2D eigenvalue weighted by molar-refractivity contribution is 0.354. The van der Waals surface area contributed by atoms with Gasteiger partial charge in [-0.3, -0.25) is 0 Å². The molecule has 0 spiro atoms. The van der Waals surface area contributed by atoms with Gasteiger partial charge in [0.15, 0.2) is 11.5 Å². The topological polar surface area (TPSA) is 44.5 Å². The molecule has 0 saturated carbocycles. The van der Waals surface area contributed by atoms with Crippen molar-refractivity contribution in [2.24, 2.45) is 0 Å². The molecule has 0 aliphatic carbocycles. The first-order valence-corrected chi connectivity index (χ1v) is 6.20. The van der Waals surface area contributed by atoms with Crippen molar-refractivity contribution in [2.75, 3.05) is 20.0 Å². The Labute approximate surface area is 114 Å². The average molecular weight is 257 g/mol. The molecular weight excluding hydrogens is 238 g/mol. The highest BCUT2D eigenvalue weighted by Crippen LogP contribution is 2.31. The van der Waals surface area contributed by atoms with Crippen LogP contribution in [0.3, 0.4) is 0 Å². The van der Waals surface area contributed by atoms with Crippen molar-refractivity contribution in [1.29, 1.82) is 0 Å². The van der Waals surface area contributed by atoms with E-state index in [1.807, 2.05) is 30.3 Å². The smallest absolute Gasteiger partial charge is 0.161 e. The Morgan fingerprint density at radius 1 is 1.00 bits per heavy atom. The van der Waals surface area contributed by atoms with E-state index in [1.54, 1.807) is 14.2 Å². The third kappa shape index (κ3) is 2.99. The van der Waals surface area contributed by atoms with Gasteiger partial charge in [0.2, 0.25) is 0 Å². The number of nitrogens with two attached hydrogens (primary N) is 1. The van der Waals surface area contributed by atoms with Crippen LogP contribution >= 0.6 is 0 Å². The summed E-state index contributed by atoms with van der Waals surface area (Å²) in [6.07, 6.45) is 0.831. The first-order chi connectivity index (χ1) is 9.13. The molecule has 2 rings (SSSR count). The van der Waals surface area contributed by atoms with E-state index < -0.39 is 0 Å². The molecule has 0 aliphatic rings. The first kappa shape index (κ1) is 13.3. The van der Waals surface area contributed by atoms with E-state index in [9.17, 15) is 0 Å². The van der Waals surface area contributed by atoms with E-state index in [-0.39, 0.29) is 0 Å². The molecule has 2 aromatic rings. The maximum Gasteiger partial charge on any atom is 0.161 e. The van der Waals surface area contributed by atoms with Crippen LogP contribution in [0.2, 0.25) is 0 Å². The van der Waals surface area contributed by atoms with Crippen LogP contribution in [-0.2, 0) is 6.42 Å². The van der Waals surface area contributed by atoms with Crippen molar-refractivity contribution in [3.8, 4) is 11.5 Å². The minimum atomic E-state index is 0.756. The standard InChI is InChI=1S/C16H19NO2/c1-11-7-15(18-2)16(19-3)10-13(11)8-12-5-4-6-14(17)9-12/h4-7,9-10H,8,17H2,1-3H3. The van der Waals surface area contributed by atoms with Crippen LogP contribution in [0.25, 0.3) is 0 Å². The number of rotatable bonds is 4. The molecule has 19 heavy (non-hydrogen) atoms. The lowest BCUT2D eigenvalue weighted by atomic mass is 9.99. The Morgan fingerprint density at radius 2 is 1.68 bits per heavy atom. The Hall–Kier alpha value is -2.16. The molecule has 0 radical (unpaired) electrons. The second-order valence-electron chi connectivity index (χ2n) is 4.56. The molecule has 3 heteroatoms. The van der Waals surface area contributed by atoms with Crippen LogP contribution in [0.5, 0.6) is 11.5 Å². The van der Waals surface area contributed by atoms with Crippen LogP contribution < -0.4 is 15.2 Å². The van der Waals surface area contributed by atoms with Gasteiger partial charge in [0.05, 0.1) is 14.2 Å².